The van der Waals surface area contributed by atoms with Gasteiger partial charge in [-0.3, -0.25) is 4.79 Å². The monoisotopic (exact) mass is 340 g/mol. The van der Waals surface area contributed by atoms with Gasteiger partial charge in [-0.1, -0.05) is 17.7 Å². The van der Waals surface area contributed by atoms with Crippen molar-refractivity contribution in [2.45, 2.75) is 20.3 Å². The predicted octanol–water partition coefficient (Wildman–Crippen LogP) is 3.33. The number of methoxy groups -OCH3 is 1. The van der Waals surface area contributed by atoms with Crippen molar-refractivity contribution in [2.75, 3.05) is 7.11 Å². The molecule has 0 bridgehead atoms. The number of ether oxygens (including phenoxy) is 1. The van der Waals surface area contributed by atoms with Crippen molar-refractivity contribution in [3.63, 3.8) is 0 Å². The van der Waals surface area contributed by atoms with E-state index in [-0.39, 0.29) is 22.8 Å². The maximum Gasteiger partial charge on any atom is 0.193 e. The third-order valence-corrected chi connectivity index (χ3v) is 3.70. The van der Waals surface area contributed by atoms with Gasteiger partial charge >= 0.3 is 0 Å². The Morgan fingerprint density at radius 2 is 1.92 bits per heavy atom. The molecular weight excluding hydrogens is 318 g/mol. The van der Waals surface area contributed by atoms with E-state index in [1.165, 1.54) is 19.3 Å². The molecule has 25 heavy (non-hydrogen) atoms. The molecule has 0 aliphatic rings. The molecule has 0 saturated carbocycles. The second-order valence-electron chi connectivity index (χ2n) is 5.82. The number of benzene rings is 1. The molecule has 0 amide bonds. The van der Waals surface area contributed by atoms with Crippen LogP contribution in [0.4, 0.5) is 0 Å². The number of pyridine rings is 1. The highest BCUT2D eigenvalue weighted by molar-refractivity contribution is 6.11. The second kappa shape index (κ2) is 8.15. The summed E-state index contributed by atoms with van der Waals surface area (Å²) in [6, 6.07) is 4.99. The quantitative estimate of drug-likeness (QED) is 0.480. The summed E-state index contributed by atoms with van der Waals surface area (Å²) in [6.07, 6.45) is 8.71. The van der Waals surface area contributed by atoms with Crippen molar-refractivity contribution in [1.29, 1.82) is 0 Å². The van der Waals surface area contributed by atoms with Gasteiger partial charge in [0, 0.05) is 23.8 Å². The molecule has 0 radical (unpaired) electrons. The molecule has 0 fully saturated rings. The molecule has 0 spiro atoms. The van der Waals surface area contributed by atoms with Gasteiger partial charge in [-0.05, 0) is 31.9 Å². The number of aromatic amines is 1. The van der Waals surface area contributed by atoms with Crippen molar-refractivity contribution in [1.82, 2.24) is 0 Å². The first-order chi connectivity index (χ1) is 11.9. The third kappa shape index (κ3) is 4.47. The van der Waals surface area contributed by atoms with Crippen LogP contribution in [0.3, 0.4) is 0 Å². The number of allylic oxidation sites excluding steroid dienone is 3. The van der Waals surface area contributed by atoms with Gasteiger partial charge in [-0.25, -0.2) is 4.98 Å². The Morgan fingerprint density at radius 1 is 1.24 bits per heavy atom. The highest BCUT2D eigenvalue weighted by Crippen LogP contribution is 2.39. The summed E-state index contributed by atoms with van der Waals surface area (Å²) in [5.41, 5.74) is 2.22. The fourth-order valence-corrected chi connectivity index (χ4v) is 2.35. The number of phenolic OH excluding ortho intramolecular Hbond substituents is 2. The lowest BCUT2D eigenvalue weighted by Gasteiger charge is -2.13. The van der Waals surface area contributed by atoms with Crippen molar-refractivity contribution in [3.05, 3.63) is 65.0 Å². The molecule has 5 nitrogen and oxygen atoms in total. The van der Waals surface area contributed by atoms with Crippen LogP contribution in [0.5, 0.6) is 17.2 Å². The maximum atomic E-state index is 12.6. The molecular formula is C20H22NO4+. The van der Waals surface area contributed by atoms with E-state index < -0.39 is 5.78 Å². The van der Waals surface area contributed by atoms with Crippen molar-refractivity contribution in [3.8, 4) is 17.2 Å². The molecule has 3 N–H and O–H groups in total. The second-order valence-corrected chi connectivity index (χ2v) is 5.82. The number of aromatic hydroxyl groups is 2. The van der Waals surface area contributed by atoms with E-state index in [9.17, 15) is 15.0 Å². The highest BCUT2D eigenvalue weighted by Gasteiger charge is 2.21. The van der Waals surface area contributed by atoms with Crippen LogP contribution in [0.25, 0.3) is 6.08 Å². The molecule has 2 rings (SSSR count). The Hall–Kier alpha value is -3.08. The predicted molar refractivity (Wildman–Crippen MR) is 95.8 cm³/mol. The molecule has 1 aromatic heterocycles. The summed E-state index contributed by atoms with van der Waals surface area (Å²) in [4.78, 5) is 15.5. The summed E-state index contributed by atoms with van der Waals surface area (Å²) < 4.78 is 5.17. The Bertz CT molecular complexity index is 819. The molecule has 1 aromatic carbocycles. The minimum atomic E-state index is -0.402. The van der Waals surface area contributed by atoms with E-state index in [2.05, 4.69) is 4.98 Å². The molecule has 2 aromatic rings. The summed E-state index contributed by atoms with van der Waals surface area (Å²) in [5.74, 6) is -0.635. The van der Waals surface area contributed by atoms with E-state index in [0.29, 0.717) is 12.0 Å². The largest absolute Gasteiger partial charge is 0.507 e. The average Bonchev–Trinajstić information content (AvgIpc) is 2.59. The summed E-state index contributed by atoms with van der Waals surface area (Å²) >= 11 is 0. The van der Waals surface area contributed by atoms with E-state index >= 15 is 0 Å². The van der Waals surface area contributed by atoms with Crippen LogP contribution >= 0.6 is 0 Å². The fraction of sp³-hybridized carbons (Fsp3) is 0.200. The Kier molecular flexibility index (Phi) is 5.95. The number of phenols is 2. The molecule has 1 heterocycles. The van der Waals surface area contributed by atoms with Crippen LogP contribution in [0.2, 0.25) is 0 Å². The molecule has 0 atom stereocenters. The van der Waals surface area contributed by atoms with Crippen LogP contribution in [0.1, 0.15) is 35.3 Å². The fourth-order valence-electron chi connectivity index (χ4n) is 2.35. The van der Waals surface area contributed by atoms with Crippen LogP contribution in [-0.2, 0) is 6.42 Å². The first kappa shape index (κ1) is 18.3. The van der Waals surface area contributed by atoms with E-state index in [1.54, 1.807) is 18.5 Å². The van der Waals surface area contributed by atoms with Crippen LogP contribution in [0.15, 0.2) is 48.3 Å². The van der Waals surface area contributed by atoms with Crippen LogP contribution in [-0.4, -0.2) is 23.1 Å². The smallest absolute Gasteiger partial charge is 0.193 e. The van der Waals surface area contributed by atoms with Crippen LogP contribution < -0.4 is 9.72 Å². The molecule has 0 aliphatic heterocycles. The molecule has 0 aliphatic carbocycles. The zero-order valence-corrected chi connectivity index (χ0v) is 14.5. The lowest BCUT2D eigenvalue weighted by atomic mass is 9.99. The first-order valence-electron chi connectivity index (χ1n) is 7.87. The van der Waals surface area contributed by atoms with Gasteiger partial charge in [-0.15, -0.1) is 0 Å². The number of aromatic nitrogens is 1. The summed E-state index contributed by atoms with van der Waals surface area (Å²) in [7, 11) is 1.39. The van der Waals surface area contributed by atoms with Gasteiger partial charge in [0.15, 0.2) is 18.2 Å². The SMILES string of the molecule is COc1cc(O)c(CC=C(C)C)c(O)c1C(=O)/C=C/c1cc[nH+]cc1. The van der Waals surface area contributed by atoms with Crippen molar-refractivity contribution in [2.24, 2.45) is 0 Å². The van der Waals surface area contributed by atoms with Gasteiger partial charge < -0.3 is 14.9 Å². The number of carbonyl (C=O) groups is 1. The molecule has 5 heteroatoms. The Morgan fingerprint density at radius 3 is 2.52 bits per heavy atom. The molecule has 130 valence electrons. The lowest BCUT2D eigenvalue weighted by molar-refractivity contribution is -0.378. The van der Waals surface area contributed by atoms with Crippen LogP contribution in [0, 0.1) is 0 Å². The minimum Gasteiger partial charge on any atom is -0.507 e. The number of ketones is 1. The Balaban J connectivity index is 2.44. The average molecular weight is 340 g/mol. The minimum absolute atomic E-state index is 0.0381. The maximum absolute atomic E-state index is 12.6. The van der Waals surface area contributed by atoms with E-state index in [0.717, 1.165) is 11.1 Å². The number of hydrogen-bond acceptors (Lipinski definition) is 4. The first-order valence-corrected chi connectivity index (χ1v) is 7.87. The number of rotatable bonds is 6. The highest BCUT2D eigenvalue weighted by atomic mass is 16.5. The molecule has 0 saturated heterocycles. The standard InChI is InChI=1S/C20H21NO4/c1-13(2)4-6-15-17(23)12-18(25-3)19(20(15)24)16(22)7-5-14-8-10-21-11-9-14/h4-5,7-12,23-24H,6H2,1-3H3/p+1/b7-5+. The van der Waals surface area contributed by atoms with Gasteiger partial charge in [0.1, 0.15) is 22.8 Å². The number of hydrogen-bond donors (Lipinski definition) is 2. The molecule has 0 unspecified atom stereocenters. The third-order valence-electron chi connectivity index (χ3n) is 3.70. The topological polar surface area (TPSA) is 80.9 Å². The normalized spacial score (nSPS) is 10.7. The number of carbonyl (C=O) groups excluding carboxylic acids is 1. The summed E-state index contributed by atoms with van der Waals surface area (Å²) in [5, 5.41) is 20.7. The van der Waals surface area contributed by atoms with E-state index in [1.807, 2.05) is 32.1 Å². The van der Waals surface area contributed by atoms with Crippen molar-refractivity contribution >= 4 is 11.9 Å². The van der Waals surface area contributed by atoms with Gasteiger partial charge in [0.25, 0.3) is 0 Å². The van der Waals surface area contributed by atoms with Gasteiger partial charge in [0.2, 0.25) is 0 Å². The number of H-pyrrole nitrogens is 1. The van der Waals surface area contributed by atoms with Gasteiger partial charge in [-0.2, -0.15) is 0 Å². The number of nitrogens with one attached hydrogen (secondary N) is 1. The Labute approximate surface area is 146 Å². The lowest BCUT2D eigenvalue weighted by Crippen LogP contribution is -2.02. The summed E-state index contributed by atoms with van der Waals surface area (Å²) in [6.45, 7) is 3.84. The zero-order valence-electron chi connectivity index (χ0n) is 14.5. The van der Waals surface area contributed by atoms with E-state index in [4.69, 9.17) is 4.74 Å². The zero-order chi connectivity index (χ0) is 18.4. The van der Waals surface area contributed by atoms with Crippen molar-refractivity contribution < 1.29 is 24.7 Å². The van der Waals surface area contributed by atoms with Gasteiger partial charge in [0.05, 0.1) is 7.11 Å².